The van der Waals surface area contributed by atoms with E-state index in [0.29, 0.717) is 18.9 Å². The number of hydrogen-bond acceptors (Lipinski definition) is 4. The number of anilines is 1. The van der Waals surface area contributed by atoms with Crippen LogP contribution in [0.3, 0.4) is 0 Å². The summed E-state index contributed by atoms with van der Waals surface area (Å²) >= 11 is 0. The predicted octanol–water partition coefficient (Wildman–Crippen LogP) is 0.308. The average Bonchev–Trinajstić information content (AvgIpc) is 2.05. The Labute approximate surface area is 80.6 Å². The topological polar surface area (TPSA) is 73.7 Å². The van der Waals surface area contributed by atoms with Crippen molar-refractivity contribution in [2.75, 3.05) is 18.0 Å². The minimum Gasteiger partial charge on any atom is -0.504 e. The van der Waals surface area contributed by atoms with Crippen molar-refractivity contribution < 1.29 is 15.0 Å². The Balaban J connectivity index is 2.07. The van der Waals surface area contributed by atoms with Crippen molar-refractivity contribution in [2.24, 2.45) is 5.92 Å². The van der Waals surface area contributed by atoms with Crippen LogP contribution in [-0.2, 0) is 4.79 Å². The Bertz CT molecular complexity index is 361. The Morgan fingerprint density at radius 2 is 2.29 bits per heavy atom. The van der Waals surface area contributed by atoms with Crippen LogP contribution in [0, 0.1) is 5.92 Å². The first-order chi connectivity index (χ1) is 6.68. The van der Waals surface area contributed by atoms with Gasteiger partial charge in [-0.1, -0.05) is 0 Å². The van der Waals surface area contributed by atoms with Crippen LogP contribution in [0.4, 0.5) is 5.82 Å². The molecule has 0 aliphatic carbocycles. The third-order valence-corrected chi connectivity index (χ3v) is 2.30. The smallest absolute Gasteiger partial charge is 0.310 e. The molecule has 1 aliphatic heterocycles. The summed E-state index contributed by atoms with van der Waals surface area (Å²) in [6.07, 6.45) is 1.57. The number of aromatic nitrogens is 1. The van der Waals surface area contributed by atoms with Crippen LogP contribution in [0.5, 0.6) is 5.75 Å². The summed E-state index contributed by atoms with van der Waals surface area (Å²) in [6, 6.07) is 3.17. The number of carbonyl (C=O) groups is 1. The first-order valence-corrected chi connectivity index (χ1v) is 4.30. The van der Waals surface area contributed by atoms with E-state index in [1.807, 2.05) is 0 Å². The summed E-state index contributed by atoms with van der Waals surface area (Å²) in [5.74, 6) is -0.575. The summed E-state index contributed by atoms with van der Waals surface area (Å²) in [7, 11) is 0. The summed E-state index contributed by atoms with van der Waals surface area (Å²) in [5.41, 5.74) is 0. The molecular weight excluding hydrogens is 184 g/mol. The van der Waals surface area contributed by atoms with Crippen LogP contribution in [0.25, 0.3) is 0 Å². The van der Waals surface area contributed by atoms with E-state index in [4.69, 9.17) is 5.11 Å². The Kier molecular flexibility index (Phi) is 1.99. The highest BCUT2D eigenvalue weighted by molar-refractivity contribution is 5.74. The molecule has 0 amide bonds. The van der Waals surface area contributed by atoms with Crippen LogP contribution >= 0.6 is 0 Å². The van der Waals surface area contributed by atoms with Crippen LogP contribution < -0.4 is 4.90 Å². The molecule has 1 aromatic heterocycles. The zero-order valence-electron chi connectivity index (χ0n) is 7.42. The SMILES string of the molecule is O=C(O)C1CN(c2ncccc2O)C1. The van der Waals surface area contributed by atoms with Crippen LogP contribution in [0.2, 0.25) is 0 Å². The fourth-order valence-electron chi connectivity index (χ4n) is 1.44. The third kappa shape index (κ3) is 1.37. The highest BCUT2D eigenvalue weighted by Gasteiger charge is 2.34. The fraction of sp³-hybridized carbons (Fsp3) is 0.333. The standard InChI is InChI=1S/C9H10N2O3/c12-7-2-1-3-10-8(7)11-4-6(5-11)9(13)14/h1-3,6,12H,4-5H2,(H,13,14). The van der Waals surface area contributed by atoms with Crippen LogP contribution in [-0.4, -0.2) is 34.3 Å². The zero-order chi connectivity index (χ0) is 10.1. The normalized spacial score (nSPS) is 16.4. The van der Waals surface area contributed by atoms with E-state index in [9.17, 15) is 9.90 Å². The molecule has 0 aromatic carbocycles. The van der Waals surface area contributed by atoms with Gasteiger partial charge in [-0.25, -0.2) is 4.98 Å². The highest BCUT2D eigenvalue weighted by atomic mass is 16.4. The Morgan fingerprint density at radius 3 is 2.86 bits per heavy atom. The monoisotopic (exact) mass is 194 g/mol. The molecule has 1 aromatic rings. The number of pyridine rings is 1. The molecular formula is C9H10N2O3. The maximum Gasteiger partial charge on any atom is 0.310 e. The molecule has 0 saturated carbocycles. The van der Waals surface area contributed by atoms with Gasteiger partial charge in [0.1, 0.15) is 0 Å². The Morgan fingerprint density at radius 1 is 1.57 bits per heavy atom. The van der Waals surface area contributed by atoms with Gasteiger partial charge in [0.15, 0.2) is 11.6 Å². The Hall–Kier alpha value is -1.78. The van der Waals surface area contributed by atoms with E-state index in [0.717, 1.165) is 0 Å². The summed E-state index contributed by atoms with van der Waals surface area (Å²) in [5, 5.41) is 18.1. The maximum atomic E-state index is 10.5. The van der Waals surface area contributed by atoms with Gasteiger partial charge in [0, 0.05) is 19.3 Å². The molecule has 2 rings (SSSR count). The minimum absolute atomic E-state index is 0.0938. The lowest BCUT2D eigenvalue weighted by atomic mass is 10.0. The number of nitrogens with zero attached hydrogens (tertiary/aromatic N) is 2. The average molecular weight is 194 g/mol. The molecule has 5 nitrogen and oxygen atoms in total. The lowest BCUT2D eigenvalue weighted by molar-refractivity contribution is -0.142. The second kappa shape index (κ2) is 3.17. The third-order valence-electron chi connectivity index (χ3n) is 2.30. The molecule has 0 radical (unpaired) electrons. The zero-order valence-corrected chi connectivity index (χ0v) is 7.42. The van der Waals surface area contributed by atoms with Gasteiger partial charge in [0.25, 0.3) is 0 Å². The second-order valence-corrected chi connectivity index (χ2v) is 3.29. The number of aliphatic carboxylic acids is 1. The van der Waals surface area contributed by atoms with E-state index in [-0.39, 0.29) is 11.7 Å². The molecule has 1 aliphatic rings. The van der Waals surface area contributed by atoms with Crippen molar-refractivity contribution in [3.8, 4) is 5.75 Å². The quantitative estimate of drug-likeness (QED) is 0.708. The first kappa shape index (κ1) is 8.80. The molecule has 1 fully saturated rings. The van der Waals surface area contributed by atoms with Crippen molar-refractivity contribution in [1.82, 2.24) is 4.98 Å². The number of aromatic hydroxyl groups is 1. The fourth-order valence-corrected chi connectivity index (χ4v) is 1.44. The summed E-state index contributed by atoms with van der Waals surface area (Å²) in [6.45, 7) is 0.833. The molecule has 1 saturated heterocycles. The van der Waals surface area contributed by atoms with Gasteiger partial charge < -0.3 is 15.1 Å². The van der Waals surface area contributed by atoms with Gasteiger partial charge >= 0.3 is 5.97 Å². The molecule has 0 spiro atoms. The predicted molar refractivity (Wildman–Crippen MR) is 49.2 cm³/mol. The molecule has 74 valence electrons. The van der Waals surface area contributed by atoms with Gasteiger partial charge in [-0.3, -0.25) is 4.79 Å². The first-order valence-electron chi connectivity index (χ1n) is 4.30. The summed E-state index contributed by atoms with van der Waals surface area (Å²) < 4.78 is 0. The number of rotatable bonds is 2. The van der Waals surface area contributed by atoms with Crippen molar-refractivity contribution in [2.45, 2.75) is 0 Å². The van der Waals surface area contributed by atoms with Gasteiger partial charge in [-0.15, -0.1) is 0 Å². The van der Waals surface area contributed by atoms with Crippen LogP contribution in [0.15, 0.2) is 18.3 Å². The molecule has 2 heterocycles. The molecule has 0 unspecified atom stereocenters. The van der Waals surface area contributed by atoms with Gasteiger partial charge in [-0.05, 0) is 12.1 Å². The number of carboxylic acid groups (broad SMARTS) is 1. The number of hydrogen-bond donors (Lipinski definition) is 2. The molecule has 2 N–H and O–H groups in total. The van der Waals surface area contributed by atoms with Crippen molar-refractivity contribution in [3.63, 3.8) is 0 Å². The van der Waals surface area contributed by atoms with E-state index in [2.05, 4.69) is 4.98 Å². The van der Waals surface area contributed by atoms with Gasteiger partial charge in [-0.2, -0.15) is 0 Å². The van der Waals surface area contributed by atoms with Gasteiger partial charge in [0.2, 0.25) is 0 Å². The van der Waals surface area contributed by atoms with E-state index in [1.54, 1.807) is 17.2 Å². The van der Waals surface area contributed by atoms with Crippen molar-refractivity contribution in [3.05, 3.63) is 18.3 Å². The molecule has 0 bridgehead atoms. The van der Waals surface area contributed by atoms with E-state index >= 15 is 0 Å². The van der Waals surface area contributed by atoms with Gasteiger partial charge in [0.05, 0.1) is 5.92 Å². The van der Waals surface area contributed by atoms with Crippen molar-refractivity contribution >= 4 is 11.8 Å². The minimum atomic E-state index is -0.795. The van der Waals surface area contributed by atoms with E-state index in [1.165, 1.54) is 6.07 Å². The molecule has 0 atom stereocenters. The lowest BCUT2D eigenvalue weighted by Crippen LogP contribution is -2.50. The number of carboxylic acids is 1. The second-order valence-electron chi connectivity index (χ2n) is 3.29. The van der Waals surface area contributed by atoms with Crippen molar-refractivity contribution in [1.29, 1.82) is 0 Å². The van der Waals surface area contributed by atoms with E-state index < -0.39 is 5.97 Å². The van der Waals surface area contributed by atoms with Crippen LogP contribution in [0.1, 0.15) is 0 Å². The maximum absolute atomic E-state index is 10.5. The largest absolute Gasteiger partial charge is 0.504 e. The molecule has 5 heteroatoms. The molecule has 14 heavy (non-hydrogen) atoms. The highest BCUT2D eigenvalue weighted by Crippen LogP contribution is 2.29. The lowest BCUT2D eigenvalue weighted by Gasteiger charge is -2.37. The summed E-state index contributed by atoms with van der Waals surface area (Å²) in [4.78, 5) is 16.3.